The molecule has 0 saturated heterocycles. The Bertz CT molecular complexity index is 1140. The number of hydrogen-bond donors (Lipinski definition) is 3. The number of methoxy groups -OCH3 is 1. The van der Waals surface area contributed by atoms with E-state index in [1.807, 2.05) is 0 Å². The van der Waals surface area contributed by atoms with Crippen LogP contribution in [0.5, 0.6) is 11.5 Å². The van der Waals surface area contributed by atoms with Crippen LogP contribution in [0.4, 0.5) is 24.7 Å². The van der Waals surface area contributed by atoms with E-state index >= 15 is 0 Å². The monoisotopic (exact) mass is 446 g/mol. The molecular weight excluding hydrogens is 425 g/mol. The van der Waals surface area contributed by atoms with E-state index in [1.54, 1.807) is 37.5 Å². The lowest BCUT2D eigenvalue weighted by Crippen LogP contribution is -2.23. The highest BCUT2D eigenvalue weighted by Crippen LogP contribution is 2.40. The maximum atomic E-state index is 13.5. The molecule has 2 aromatic carbocycles. The Morgan fingerprint density at radius 1 is 1.19 bits per heavy atom. The molecule has 0 radical (unpaired) electrons. The lowest BCUT2D eigenvalue weighted by molar-refractivity contribution is -0.138. The van der Waals surface area contributed by atoms with Gasteiger partial charge < -0.3 is 20.1 Å². The second-order valence-electron chi connectivity index (χ2n) is 7.32. The van der Waals surface area contributed by atoms with Crippen molar-refractivity contribution in [2.75, 3.05) is 24.8 Å². The van der Waals surface area contributed by atoms with Crippen LogP contribution in [-0.4, -0.2) is 30.3 Å². The number of H-pyrrole nitrogens is 1. The number of carbonyl (C=O) groups is 1. The van der Waals surface area contributed by atoms with Crippen molar-refractivity contribution >= 4 is 17.4 Å². The fourth-order valence-electron chi connectivity index (χ4n) is 3.74. The first-order chi connectivity index (χ1) is 15.3. The predicted molar refractivity (Wildman–Crippen MR) is 112 cm³/mol. The van der Waals surface area contributed by atoms with Gasteiger partial charge in [0.2, 0.25) is 5.91 Å². The summed E-state index contributed by atoms with van der Waals surface area (Å²) in [4.78, 5) is 12.0. The second kappa shape index (κ2) is 8.45. The summed E-state index contributed by atoms with van der Waals surface area (Å²) in [6.45, 7) is -0.285. The Balaban J connectivity index is 1.59. The van der Waals surface area contributed by atoms with E-state index < -0.39 is 11.7 Å². The van der Waals surface area contributed by atoms with Crippen LogP contribution >= 0.6 is 0 Å². The van der Waals surface area contributed by atoms with Gasteiger partial charge in [0.1, 0.15) is 12.4 Å². The summed E-state index contributed by atoms with van der Waals surface area (Å²) in [7, 11) is 3.01. The first-order valence-corrected chi connectivity index (χ1v) is 9.82. The molecule has 1 atom stereocenters. The van der Waals surface area contributed by atoms with Gasteiger partial charge >= 0.3 is 6.18 Å². The average molecular weight is 446 g/mol. The highest BCUT2D eigenvalue weighted by Gasteiger charge is 2.34. The minimum absolute atomic E-state index is 0.00891. The van der Waals surface area contributed by atoms with Crippen LogP contribution in [0.2, 0.25) is 0 Å². The number of nitrogens with zero attached hydrogens (tertiary/aromatic N) is 1. The number of alkyl halides is 3. The molecular formula is C22H21F3N4O3. The number of rotatable bonds is 6. The van der Waals surface area contributed by atoms with Gasteiger partial charge in [-0.1, -0.05) is 12.1 Å². The number of anilines is 2. The molecule has 10 heteroatoms. The first kappa shape index (κ1) is 21.5. The van der Waals surface area contributed by atoms with Gasteiger partial charge in [0.15, 0.2) is 11.5 Å². The molecule has 0 unspecified atom stereocenters. The average Bonchev–Trinajstić information content (AvgIpc) is 3.24. The standard InChI is InChI=1S/C22H21F3N4O3/c1-26-14-5-3-13(17(8-14)22(23,24)25)11-32-18-6-4-12(7-19(18)31-2)15-9-20(30)28-21-16(15)10-27-29-21/h3-8,10,15,26H,9,11H2,1-2H3,(H2,27,28,29,30)/t15-/m0/s1. The quantitative estimate of drug-likeness (QED) is 0.518. The SMILES string of the molecule is CNc1ccc(COc2ccc([C@@H]3CC(=O)Nc4[nH]ncc43)cc2OC)c(C(F)(F)F)c1. The Morgan fingerprint density at radius 3 is 2.72 bits per heavy atom. The van der Waals surface area contributed by atoms with Gasteiger partial charge in [0.25, 0.3) is 0 Å². The number of nitrogens with one attached hydrogen (secondary N) is 3. The Kier molecular flexibility index (Phi) is 5.68. The van der Waals surface area contributed by atoms with Crippen molar-refractivity contribution in [2.45, 2.75) is 25.1 Å². The summed E-state index contributed by atoms with van der Waals surface area (Å²) < 4.78 is 51.5. The normalized spacial score (nSPS) is 15.7. The van der Waals surface area contributed by atoms with Crippen molar-refractivity contribution in [3.63, 3.8) is 0 Å². The number of benzene rings is 2. The summed E-state index contributed by atoms with van der Waals surface area (Å²) >= 11 is 0. The smallest absolute Gasteiger partial charge is 0.416 e. The number of carbonyl (C=O) groups excluding carboxylic acids is 1. The molecule has 3 aromatic rings. The molecule has 1 aliphatic rings. The van der Waals surface area contributed by atoms with Gasteiger partial charge in [0, 0.05) is 36.2 Å². The third-order valence-electron chi connectivity index (χ3n) is 5.38. The minimum Gasteiger partial charge on any atom is -0.493 e. The molecule has 4 rings (SSSR count). The highest BCUT2D eigenvalue weighted by molar-refractivity contribution is 5.94. The highest BCUT2D eigenvalue weighted by atomic mass is 19.4. The molecule has 0 spiro atoms. The third kappa shape index (κ3) is 4.20. The third-order valence-corrected chi connectivity index (χ3v) is 5.38. The zero-order chi connectivity index (χ0) is 22.9. The van der Waals surface area contributed by atoms with Crippen molar-refractivity contribution in [3.05, 3.63) is 64.8 Å². The molecule has 0 saturated carbocycles. The number of fused-ring (bicyclic) bond motifs is 1. The van der Waals surface area contributed by atoms with Crippen LogP contribution in [0.1, 0.15) is 34.6 Å². The lowest BCUT2D eigenvalue weighted by Gasteiger charge is -2.23. The first-order valence-electron chi connectivity index (χ1n) is 9.82. The molecule has 0 bridgehead atoms. The minimum atomic E-state index is -4.51. The number of hydrogen-bond acceptors (Lipinski definition) is 5. The zero-order valence-electron chi connectivity index (χ0n) is 17.3. The molecule has 168 valence electrons. The zero-order valence-corrected chi connectivity index (χ0v) is 17.3. The van der Waals surface area contributed by atoms with Crippen molar-refractivity contribution in [1.82, 2.24) is 10.2 Å². The van der Waals surface area contributed by atoms with E-state index in [2.05, 4.69) is 20.8 Å². The predicted octanol–water partition coefficient (Wildman–Crippen LogP) is 4.53. The number of aromatic amines is 1. The molecule has 32 heavy (non-hydrogen) atoms. The van der Waals surface area contributed by atoms with Crippen LogP contribution in [-0.2, 0) is 17.6 Å². The topological polar surface area (TPSA) is 88.3 Å². The molecule has 3 N–H and O–H groups in total. The summed E-state index contributed by atoms with van der Waals surface area (Å²) in [6, 6.07) is 9.13. The number of aromatic nitrogens is 2. The summed E-state index contributed by atoms with van der Waals surface area (Å²) in [5, 5.41) is 12.2. The van der Waals surface area contributed by atoms with Gasteiger partial charge in [-0.2, -0.15) is 18.3 Å². The van der Waals surface area contributed by atoms with Crippen LogP contribution in [0.25, 0.3) is 0 Å². The number of ether oxygens (including phenoxy) is 2. The van der Waals surface area contributed by atoms with Crippen molar-refractivity contribution in [1.29, 1.82) is 0 Å². The van der Waals surface area contributed by atoms with E-state index in [0.717, 1.165) is 17.2 Å². The van der Waals surface area contributed by atoms with Gasteiger partial charge in [-0.25, -0.2) is 0 Å². The molecule has 0 fully saturated rings. The molecule has 0 aliphatic carbocycles. The van der Waals surface area contributed by atoms with E-state index in [1.165, 1.54) is 13.2 Å². The van der Waals surface area contributed by atoms with Crippen molar-refractivity contribution in [3.8, 4) is 11.5 Å². The van der Waals surface area contributed by atoms with E-state index in [0.29, 0.717) is 23.0 Å². The van der Waals surface area contributed by atoms with Gasteiger partial charge in [-0.15, -0.1) is 0 Å². The maximum Gasteiger partial charge on any atom is 0.416 e. The van der Waals surface area contributed by atoms with Crippen LogP contribution in [0, 0.1) is 0 Å². The van der Waals surface area contributed by atoms with Crippen LogP contribution in [0.15, 0.2) is 42.6 Å². The van der Waals surface area contributed by atoms with E-state index in [4.69, 9.17) is 9.47 Å². The largest absolute Gasteiger partial charge is 0.493 e. The van der Waals surface area contributed by atoms with E-state index in [-0.39, 0.29) is 30.4 Å². The summed E-state index contributed by atoms with van der Waals surface area (Å²) in [5.74, 6) is 0.839. The fraction of sp³-hybridized carbons (Fsp3) is 0.273. The number of halogens is 3. The second-order valence-corrected chi connectivity index (χ2v) is 7.32. The van der Waals surface area contributed by atoms with Gasteiger partial charge in [-0.3, -0.25) is 9.89 Å². The molecule has 7 nitrogen and oxygen atoms in total. The summed E-state index contributed by atoms with van der Waals surface area (Å²) in [6.07, 6.45) is -2.62. The van der Waals surface area contributed by atoms with Crippen LogP contribution in [0.3, 0.4) is 0 Å². The van der Waals surface area contributed by atoms with Gasteiger partial charge in [0.05, 0.1) is 18.9 Å². The Hall–Kier alpha value is -3.69. The van der Waals surface area contributed by atoms with Gasteiger partial charge in [-0.05, 0) is 29.8 Å². The Morgan fingerprint density at radius 2 is 2.00 bits per heavy atom. The number of amides is 1. The molecule has 1 amide bonds. The Labute approximate surface area is 181 Å². The summed E-state index contributed by atoms with van der Waals surface area (Å²) in [5.41, 5.74) is 1.26. The maximum absolute atomic E-state index is 13.5. The fourth-order valence-corrected chi connectivity index (χ4v) is 3.74. The van der Waals surface area contributed by atoms with Crippen LogP contribution < -0.4 is 20.1 Å². The molecule has 1 aliphatic heterocycles. The molecule has 2 heterocycles. The lowest BCUT2D eigenvalue weighted by atomic mass is 9.87. The molecule has 1 aromatic heterocycles. The van der Waals surface area contributed by atoms with Crippen molar-refractivity contribution < 1.29 is 27.4 Å². The van der Waals surface area contributed by atoms with E-state index in [9.17, 15) is 18.0 Å². The van der Waals surface area contributed by atoms with Crippen molar-refractivity contribution in [2.24, 2.45) is 0 Å².